The van der Waals surface area contributed by atoms with Crippen LogP contribution in [0.2, 0.25) is 0 Å². The number of nitrogens with two attached hydrogens (primary N) is 1. The first-order chi connectivity index (χ1) is 8.49. The van der Waals surface area contributed by atoms with E-state index in [9.17, 15) is 9.59 Å². The van der Waals surface area contributed by atoms with Crippen molar-refractivity contribution in [1.29, 1.82) is 0 Å². The van der Waals surface area contributed by atoms with Gasteiger partial charge in [0.15, 0.2) is 5.60 Å². The molecule has 0 saturated carbocycles. The van der Waals surface area contributed by atoms with E-state index in [-0.39, 0.29) is 13.2 Å². The lowest BCUT2D eigenvalue weighted by molar-refractivity contribution is -0.163. The minimum atomic E-state index is -1.09. The van der Waals surface area contributed by atoms with Crippen molar-refractivity contribution in [2.24, 2.45) is 5.73 Å². The lowest BCUT2D eigenvalue weighted by Gasteiger charge is -2.25. The average molecular weight is 251 g/mol. The van der Waals surface area contributed by atoms with Crippen LogP contribution in [0.3, 0.4) is 0 Å². The van der Waals surface area contributed by atoms with E-state index in [1.54, 1.807) is 32.1 Å². The van der Waals surface area contributed by atoms with Gasteiger partial charge in [0.1, 0.15) is 18.3 Å². The first-order valence-corrected chi connectivity index (χ1v) is 5.68. The van der Waals surface area contributed by atoms with Gasteiger partial charge in [0.05, 0.1) is 0 Å². The maximum absolute atomic E-state index is 11.7. The fourth-order valence-electron chi connectivity index (χ4n) is 1.34. The van der Waals surface area contributed by atoms with E-state index < -0.39 is 11.6 Å². The number of carbonyl (C=O) groups is 1. The van der Waals surface area contributed by atoms with Crippen molar-refractivity contribution in [2.45, 2.75) is 25.9 Å². The first-order valence-electron chi connectivity index (χ1n) is 5.68. The molecule has 0 aromatic heterocycles. The van der Waals surface area contributed by atoms with E-state index in [0.717, 1.165) is 0 Å². The molecule has 0 fully saturated rings. The molecule has 5 heteroatoms. The summed E-state index contributed by atoms with van der Waals surface area (Å²) in [6, 6.07) is 0. The standard InChI is InChI=1S/C13H17NO4/c1-13(2,12(16)17-8-7-14)18-11-5-3-10(9-15)4-6-11/h3,5-6H,4,7-8,14H2,1-2H3. The molecule has 0 heterocycles. The maximum atomic E-state index is 11.7. The minimum absolute atomic E-state index is 0.165. The Bertz CT molecular complexity index is 428. The third-order valence-electron chi connectivity index (χ3n) is 2.32. The van der Waals surface area contributed by atoms with Crippen LogP contribution in [-0.4, -0.2) is 30.7 Å². The van der Waals surface area contributed by atoms with Crippen molar-refractivity contribution >= 4 is 11.9 Å². The Morgan fingerprint density at radius 1 is 1.50 bits per heavy atom. The Morgan fingerprint density at radius 3 is 2.72 bits per heavy atom. The van der Waals surface area contributed by atoms with Crippen LogP contribution in [0.1, 0.15) is 20.3 Å². The molecule has 0 spiro atoms. The molecule has 5 nitrogen and oxygen atoms in total. The third-order valence-corrected chi connectivity index (χ3v) is 2.32. The van der Waals surface area contributed by atoms with Gasteiger partial charge in [-0.25, -0.2) is 9.59 Å². The van der Waals surface area contributed by atoms with E-state index in [4.69, 9.17) is 15.2 Å². The fourth-order valence-corrected chi connectivity index (χ4v) is 1.34. The molecule has 0 unspecified atom stereocenters. The number of ether oxygens (including phenoxy) is 2. The molecule has 0 bridgehead atoms. The highest BCUT2D eigenvalue weighted by molar-refractivity contribution is 5.78. The zero-order valence-corrected chi connectivity index (χ0v) is 10.6. The highest BCUT2D eigenvalue weighted by Crippen LogP contribution is 2.21. The van der Waals surface area contributed by atoms with Crippen LogP contribution in [0.15, 0.2) is 29.6 Å². The minimum Gasteiger partial charge on any atom is -0.476 e. The molecule has 0 saturated heterocycles. The molecule has 2 N–H and O–H groups in total. The average Bonchev–Trinajstić information content (AvgIpc) is 2.36. The predicted molar refractivity (Wildman–Crippen MR) is 66.2 cm³/mol. The van der Waals surface area contributed by atoms with Crippen LogP contribution in [0.5, 0.6) is 0 Å². The Kier molecular flexibility index (Phi) is 4.89. The Labute approximate surface area is 106 Å². The summed E-state index contributed by atoms with van der Waals surface area (Å²) in [5, 5.41) is 0. The number of rotatable bonds is 5. The number of carbonyl (C=O) groups excluding carboxylic acids is 2. The third kappa shape index (κ3) is 3.87. The molecule has 0 radical (unpaired) electrons. The van der Waals surface area contributed by atoms with Crippen LogP contribution in [0.4, 0.5) is 0 Å². The summed E-state index contributed by atoms with van der Waals surface area (Å²) < 4.78 is 10.5. The number of allylic oxidation sites excluding steroid dienone is 4. The highest BCUT2D eigenvalue weighted by Gasteiger charge is 2.32. The lowest BCUT2D eigenvalue weighted by atomic mass is 10.1. The summed E-state index contributed by atoms with van der Waals surface area (Å²) >= 11 is 0. The summed E-state index contributed by atoms with van der Waals surface area (Å²) in [5.41, 5.74) is 4.71. The molecule has 1 aliphatic carbocycles. The summed E-state index contributed by atoms with van der Waals surface area (Å²) in [4.78, 5) is 22.1. The Hall–Kier alpha value is -1.84. The van der Waals surface area contributed by atoms with Crippen molar-refractivity contribution in [1.82, 2.24) is 0 Å². The monoisotopic (exact) mass is 251 g/mol. The second kappa shape index (κ2) is 6.19. The summed E-state index contributed by atoms with van der Waals surface area (Å²) in [7, 11) is 0. The van der Waals surface area contributed by atoms with E-state index in [1.165, 1.54) is 0 Å². The van der Waals surface area contributed by atoms with E-state index in [1.807, 2.05) is 5.94 Å². The number of esters is 1. The van der Waals surface area contributed by atoms with Crippen LogP contribution in [0.25, 0.3) is 0 Å². The normalized spacial score (nSPS) is 14.8. The molecule has 0 aliphatic heterocycles. The van der Waals surface area contributed by atoms with Gasteiger partial charge < -0.3 is 15.2 Å². The van der Waals surface area contributed by atoms with Gasteiger partial charge in [-0.2, -0.15) is 0 Å². The molecule has 0 amide bonds. The van der Waals surface area contributed by atoms with Crippen molar-refractivity contribution in [3.63, 3.8) is 0 Å². The van der Waals surface area contributed by atoms with Crippen LogP contribution in [-0.2, 0) is 19.1 Å². The van der Waals surface area contributed by atoms with Gasteiger partial charge in [0.25, 0.3) is 0 Å². The van der Waals surface area contributed by atoms with Crippen molar-refractivity contribution in [3.05, 3.63) is 29.6 Å². The van der Waals surface area contributed by atoms with Gasteiger partial charge >= 0.3 is 5.97 Å². The molecule has 98 valence electrons. The van der Waals surface area contributed by atoms with Gasteiger partial charge in [0, 0.05) is 18.5 Å². The van der Waals surface area contributed by atoms with Gasteiger partial charge in [-0.05, 0) is 32.1 Å². The zero-order valence-electron chi connectivity index (χ0n) is 10.6. The van der Waals surface area contributed by atoms with E-state index >= 15 is 0 Å². The van der Waals surface area contributed by atoms with Crippen LogP contribution < -0.4 is 5.73 Å². The topological polar surface area (TPSA) is 78.6 Å². The zero-order chi connectivity index (χ0) is 13.6. The van der Waals surface area contributed by atoms with Gasteiger partial charge in [-0.1, -0.05) is 0 Å². The largest absolute Gasteiger partial charge is 0.476 e. The summed E-state index contributed by atoms with van der Waals surface area (Å²) in [6.07, 6.45) is 5.41. The first kappa shape index (κ1) is 14.2. The number of hydrogen-bond acceptors (Lipinski definition) is 5. The van der Waals surface area contributed by atoms with Gasteiger partial charge in [-0.15, -0.1) is 0 Å². The lowest BCUT2D eigenvalue weighted by Crippen LogP contribution is -2.37. The van der Waals surface area contributed by atoms with Crippen molar-refractivity contribution in [3.8, 4) is 0 Å². The van der Waals surface area contributed by atoms with Crippen LogP contribution >= 0.6 is 0 Å². The molecular weight excluding hydrogens is 234 g/mol. The fraction of sp³-hybridized carbons (Fsp3) is 0.462. The van der Waals surface area contributed by atoms with E-state index in [0.29, 0.717) is 17.8 Å². The van der Waals surface area contributed by atoms with Crippen molar-refractivity contribution < 1.29 is 19.1 Å². The molecule has 0 aromatic rings. The SMILES string of the molecule is CC(C)(OC1=CCC(=C=O)C=C1)C(=O)OCCN. The van der Waals surface area contributed by atoms with E-state index in [2.05, 4.69) is 0 Å². The Balaban J connectivity index is 2.61. The highest BCUT2D eigenvalue weighted by atomic mass is 16.6. The number of hydrogen-bond donors (Lipinski definition) is 1. The molecule has 0 aromatic carbocycles. The van der Waals surface area contributed by atoms with Crippen molar-refractivity contribution in [2.75, 3.05) is 13.2 Å². The smallest absolute Gasteiger partial charge is 0.349 e. The quantitative estimate of drug-likeness (QED) is 0.579. The molecule has 1 aliphatic rings. The molecular formula is C13H17NO4. The Morgan fingerprint density at radius 2 is 2.22 bits per heavy atom. The van der Waals surface area contributed by atoms with Gasteiger partial charge in [-0.3, -0.25) is 0 Å². The molecule has 18 heavy (non-hydrogen) atoms. The molecule has 0 atom stereocenters. The summed E-state index contributed by atoms with van der Waals surface area (Å²) in [5.74, 6) is 1.87. The maximum Gasteiger partial charge on any atom is 0.349 e. The van der Waals surface area contributed by atoms with Crippen LogP contribution in [0, 0.1) is 0 Å². The predicted octanol–water partition coefficient (Wildman–Crippen LogP) is 0.885. The second-order valence-electron chi connectivity index (χ2n) is 4.31. The molecule has 1 rings (SSSR count). The second-order valence-corrected chi connectivity index (χ2v) is 4.31. The van der Waals surface area contributed by atoms with Gasteiger partial charge in [0.2, 0.25) is 0 Å². The summed E-state index contributed by atoms with van der Waals surface area (Å²) in [6.45, 7) is 3.67.